The standard InChI is InChI=1S/C20H18ClF2N3O4/c1-20(17(27)29-2)11-26(25-16(20)12-3-5-13(21)6-4-12)19(28)24-14-7-9-15(10-8-14)30-18(22)23/h3-10,18H,11H2,1-2H3,(H,24,28). The summed E-state index contributed by atoms with van der Waals surface area (Å²) in [4.78, 5) is 25.2. The van der Waals surface area contributed by atoms with Crippen molar-refractivity contribution < 1.29 is 27.8 Å². The first-order valence-corrected chi connectivity index (χ1v) is 9.17. The lowest BCUT2D eigenvalue weighted by atomic mass is 9.82. The summed E-state index contributed by atoms with van der Waals surface area (Å²) in [5.41, 5.74) is 0.143. The van der Waals surface area contributed by atoms with Gasteiger partial charge in [-0.1, -0.05) is 23.7 Å². The molecule has 0 radical (unpaired) electrons. The number of hydrogen-bond acceptors (Lipinski definition) is 5. The number of benzene rings is 2. The number of methoxy groups -OCH3 is 1. The minimum Gasteiger partial charge on any atom is -0.468 e. The van der Waals surface area contributed by atoms with Crippen LogP contribution in [0.4, 0.5) is 19.3 Å². The Labute approximate surface area is 176 Å². The van der Waals surface area contributed by atoms with E-state index in [4.69, 9.17) is 16.3 Å². The molecule has 1 atom stereocenters. The van der Waals surface area contributed by atoms with Crippen molar-refractivity contribution in [1.29, 1.82) is 0 Å². The van der Waals surface area contributed by atoms with Gasteiger partial charge >= 0.3 is 18.6 Å². The lowest BCUT2D eigenvalue weighted by Gasteiger charge is -2.23. The van der Waals surface area contributed by atoms with Crippen LogP contribution in [0.1, 0.15) is 12.5 Å². The molecule has 0 bridgehead atoms. The molecule has 2 amide bonds. The summed E-state index contributed by atoms with van der Waals surface area (Å²) < 4.78 is 33.7. The number of anilines is 1. The van der Waals surface area contributed by atoms with Crippen LogP contribution < -0.4 is 10.1 Å². The Balaban J connectivity index is 1.82. The van der Waals surface area contributed by atoms with Crippen LogP contribution in [0.5, 0.6) is 5.75 Å². The number of hydrazone groups is 1. The number of urea groups is 1. The zero-order chi connectivity index (χ0) is 21.9. The third-order valence-electron chi connectivity index (χ3n) is 4.53. The number of carbonyl (C=O) groups excluding carboxylic acids is 2. The molecule has 2 aromatic rings. The van der Waals surface area contributed by atoms with Crippen molar-refractivity contribution in [3.63, 3.8) is 0 Å². The predicted molar refractivity (Wildman–Crippen MR) is 107 cm³/mol. The van der Waals surface area contributed by atoms with Gasteiger partial charge in [-0.15, -0.1) is 0 Å². The molecule has 0 spiro atoms. The topological polar surface area (TPSA) is 80.2 Å². The number of hydrogen-bond donors (Lipinski definition) is 1. The van der Waals surface area contributed by atoms with Gasteiger partial charge in [0.2, 0.25) is 0 Å². The van der Waals surface area contributed by atoms with Crippen LogP contribution >= 0.6 is 11.6 Å². The van der Waals surface area contributed by atoms with E-state index in [1.165, 1.54) is 31.4 Å². The SMILES string of the molecule is COC(=O)C1(C)CN(C(=O)Nc2ccc(OC(F)F)cc2)N=C1c1ccc(Cl)cc1. The van der Waals surface area contributed by atoms with Crippen LogP contribution in [0.3, 0.4) is 0 Å². The number of nitrogens with zero attached hydrogens (tertiary/aromatic N) is 2. The molecule has 0 saturated heterocycles. The van der Waals surface area contributed by atoms with Crippen molar-refractivity contribution in [2.75, 3.05) is 19.0 Å². The van der Waals surface area contributed by atoms with Crippen molar-refractivity contribution in [3.8, 4) is 5.75 Å². The quantitative estimate of drug-likeness (QED) is 0.704. The Kier molecular flexibility index (Phi) is 6.21. The molecular weight excluding hydrogens is 420 g/mol. The fraction of sp³-hybridized carbons (Fsp3) is 0.250. The second-order valence-corrected chi connectivity index (χ2v) is 7.11. The van der Waals surface area contributed by atoms with E-state index < -0.39 is 24.0 Å². The summed E-state index contributed by atoms with van der Waals surface area (Å²) in [6.07, 6.45) is 0. The van der Waals surface area contributed by atoms with E-state index >= 15 is 0 Å². The van der Waals surface area contributed by atoms with Crippen LogP contribution in [0.25, 0.3) is 0 Å². The molecule has 0 aliphatic carbocycles. The van der Waals surface area contributed by atoms with Gasteiger partial charge in [-0.2, -0.15) is 13.9 Å². The van der Waals surface area contributed by atoms with Gasteiger partial charge in [0.15, 0.2) is 0 Å². The van der Waals surface area contributed by atoms with Gasteiger partial charge < -0.3 is 14.8 Å². The minimum atomic E-state index is -2.94. The summed E-state index contributed by atoms with van der Waals surface area (Å²) in [5.74, 6) is -0.578. The van der Waals surface area contributed by atoms with Gasteiger partial charge in [-0.25, -0.2) is 9.80 Å². The Bertz CT molecular complexity index is 967. The van der Waals surface area contributed by atoms with Crippen LogP contribution in [0.2, 0.25) is 5.02 Å². The molecule has 1 heterocycles. The average molecular weight is 438 g/mol. The van der Waals surface area contributed by atoms with Gasteiger partial charge in [0, 0.05) is 10.7 Å². The molecule has 0 saturated carbocycles. The zero-order valence-electron chi connectivity index (χ0n) is 16.1. The monoisotopic (exact) mass is 437 g/mol. The molecule has 1 aliphatic rings. The van der Waals surface area contributed by atoms with E-state index in [1.807, 2.05) is 0 Å². The lowest BCUT2D eigenvalue weighted by molar-refractivity contribution is -0.147. The Morgan fingerprint density at radius 1 is 1.17 bits per heavy atom. The van der Waals surface area contributed by atoms with Gasteiger partial charge in [0.25, 0.3) is 0 Å². The maximum atomic E-state index is 12.7. The maximum Gasteiger partial charge on any atom is 0.387 e. The summed E-state index contributed by atoms with van der Waals surface area (Å²) in [6, 6.07) is 11.5. The molecule has 30 heavy (non-hydrogen) atoms. The Morgan fingerprint density at radius 3 is 2.37 bits per heavy atom. The summed E-state index contributed by atoms with van der Waals surface area (Å²) in [5, 5.41) is 8.57. The molecule has 3 rings (SSSR count). The number of amides is 2. The second kappa shape index (κ2) is 8.66. The highest BCUT2D eigenvalue weighted by Crippen LogP contribution is 2.33. The average Bonchev–Trinajstić information content (AvgIpc) is 3.08. The van der Waals surface area contributed by atoms with E-state index in [9.17, 15) is 18.4 Å². The molecule has 2 aromatic carbocycles. The maximum absolute atomic E-state index is 12.7. The smallest absolute Gasteiger partial charge is 0.387 e. The highest BCUT2D eigenvalue weighted by molar-refractivity contribution is 6.30. The molecule has 158 valence electrons. The van der Waals surface area contributed by atoms with Gasteiger partial charge in [0.1, 0.15) is 11.2 Å². The molecule has 0 aromatic heterocycles. The van der Waals surface area contributed by atoms with Gasteiger partial charge in [-0.3, -0.25) is 4.79 Å². The number of carbonyl (C=O) groups is 2. The van der Waals surface area contributed by atoms with Crippen molar-refractivity contribution in [1.82, 2.24) is 5.01 Å². The predicted octanol–water partition coefficient (Wildman–Crippen LogP) is 4.37. The van der Waals surface area contributed by atoms with E-state index in [0.29, 0.717) is 22.0 Å². The highest BCUT2D eigenvalue weighted by Gasteiger charge is 2.48. The number of rotatable bonds is 5. The molecule has 1 unspecified atom stereocenters. The molecule has 1 N–H and O–H groups in total. The largest absolute Gasteiger partial charge is 0.468 e. The number of esters is 1. The summed E-state index contributed by atoms with van der Waals surface area (Å²) >= 11 is 5.93. The third kappa shape index (κ3) is 4.51. The fourth-order valence-corrected chi connectivity index (χ4v) is 3.16. The Morgan fingerprint density at radius 2 is 1.80 bits per heavy atom. The van der Waals surface area contributed by atoms with Crippen molar-refractivity contribution >= 4 is 35.0 Å². The number of alkyl halides is 2. The van der Waals surface area contributed by atoms with Gasteiger partial charge in [-0.05, 0) is 48.9 Å². The van der Waals surface area contributed by atoms with Crippen molar-refractivity contribution in [2.45, 2.75) is 13.5 Å². The first kappa shape index (κ1) is 21.5. The Hall–Kier alpha value is -3.20. The first-order valence-electron chi connectivity index (χ1n) is 8.80. The first-order chi connectivity index (χ1) is 14.2. The van der Waals surface area contributed by atoms with Crippen molar-refractivity contribution in [2.24, 2.45) is 10.5 Å². The van der Waals surface area contributed by atoms with Crippen molar-refractivity contribution in [3.05, 3.63) is 59.1 Å². The van der Waals surface area contributed by atoms with Crippen LogP contribution in [-0.2, 0) is 9.53 Å². The summed E-state index contributed by atoms with van der Waals surface area (Å²) in [6.45, 7) is -1.35. The third-order valence-corrected chi connectivity index (χ3v) is 4.78. The second-order valence-electron chi connectivity index (χ2n) is 6.67. The molecule has 7 nitrogen and oxygen atoms in total. The van der Waals surface area contributed by atoms with E-state index in [2.05, 4.69) is 15.2 Å². The number of ether oxygens (including phenoxy) is 2. The van der Waals surface area contributed by atoms with E-state index in [-0.39, 0.29) is 12.3 Å². The number of halogens is 3. The zero-order valence-corrected chi connectivity index (χ0v) is 16.8. The number of nitrogens with one attached hydrogen (secondary N) is 1. The van der Waals surface area contributed by atoms with E-state index in [1.54, 1.807) is 31.2 Å². The highest BCUT2D eigenvalue weighted by atomic mass is 35.5. The molecular formula is C20H18ClF2N3O4. The summed E-state index contributed by atoms with van der Waals surface area (Å²) in [7, 11) is 1.26. The van der Waals surface area contributed by atoms with Gasteiger partial charge in [0.05, 0.1) is 19.4 Å². The van der Waals surface area contributed by atoms with Crippen LogP contribution in [-0.4, -0.2) is 43.0 Å². The fourth-order valence-electron chi connectivity index (χ4n) is 3.04. The normalized spacial score (nSPS) is 18.2. The molecule has 1 aliphatic heterocycles. The lowest BCUT2D eigenvalue weighted by Crippen LogP contribution is -2.42. The van der Waals surface area contributed by atoms with E-state index in [0.717, 1.165) is 5.01 Å². The van der Waals surface area contributed by atoms with Crippen LogP contribution in [0.15, 0.2) is 53.6 Å². The molecule has 10 heteroatoms. The van der Waals surface area contributed by atoms with Crippen LogP contribution in [0, 0.1) is 5.41 Å². The molecule has 0 fully saturated rings. The minimum absolute atomic E-state index is 0.0366.